The number of hydrogen-bond donors (Lipinski definition) is 0. The van der Waals surface area contributed by atoms with E-state index < -0.39 is 0 Å². The molecule has 0 bridgehead atoms. The van der Waals surface area contributed by atoms with E-state index in [0.29, 0.717) is 5.57 Å². The van der Waals surface area contributed by atoms with Crippen LogP contribution in [0.4, 0.5) is 0 Å². The minimum Gasteiger partial charge on any atom is -0.274 e. The van der Waals surface area contributed by atoms with Crippen molar-refractivity contribution in [2.24, 2.45) is 0 Å². The molecule has 0 aliphatic rings. The first-order chi connectivity index (χ1) is 3.18. The van der Waals surface area contributed by atoms with E-state index in [1.54, 1.807) is 6.92 Å². The normalized spacial score (nSPS) is 7.57. The Labute approximate surface area is 43.3 Å². The van der Waals surface area contributed by atoms with E-state index >= 15 is 0 Å². The second kappa shape index (κ2) is 2.35. The maximum absolute atomic E-state index is 8.63. The van der Waals surface area contributed by atoms with Crippen LogP contribution in [0.2, 0.25) is 0 Å². The third-order valence-corrected chi connectivity index (χ3v) is 0.631. The summed E-state index contributed by atoms with van der Waals surface area (Å²) in [5.74, 6) is 0.167. The molecule has 0 saturated heterocycles. The second-order valence-corrected chi connectivity index (χ2v) is 1.37. The number of ketones is 1. The van der Waals surface area contributed by atoms with Crippen LogP contribution >= 0.6 is 0 Å². The van der Waals surface area contributed by atoms with Gasteiger partial charge in [0, 0.05) is 11.6 Å². The molecule has 0 aliphatic heterocycles. The predicted octanol–water partition coefficient (Wildman–Crippen LogP) is 1.29. The zero-order chi connectivity index (χ0) is 5.86. The van der Waals surface area contributed by atoms with Crippen molar-refractivity contribution in [3.63, 3.8) is 0 Å². The van der Waals surface area contributed by atoms with Gasteiger partial charge in [0.2, 0.25) is 0 Å². The van der Waals surface area contributed by atoms with Gasteiger partial charge in [0.25, 0.3) is 0 Å². The minimum atomic E-state index is 0.167. The quantitative estimate of drug-likeness (QED) is 0.366. The van der Waals surface area contributed by atoms with Crippen LogP contribution in [-0.4, -0.2) is 10.6 Å². The highest BCUT2D eigenvalue weighted by molar-refractivity contribution is 6.03. The lowest BCUT2D eigenvalue weighted by molar-refractivity contribution is 0.680. The van der Waals surface area contributed by atoms with E-state index in [0.717, 1.165) is 0 Å². The van der Waals surface area contributed by atoms with Crippen molar-refractivity contribution in [2.45, 2.75) is 6.92 Å². The standard InChI is InChI=1S/C6H8O/c1-4-6(7)5(2)3/h4H,1-2H2,3H3/p+1. The Morgan fingerprint density at radius 1 is 1.71 bits per heavy atom. The van der Waals surface area contributed by atoms with E-state index in [4.69, 9.17) is 4.79 Å². The fraction of sp³-hybridized carbons (Fsp3) is 0.167. The summed E-state index contributed by atoms with van der Waals surface area (Å²) in [7, 11) is 0. The lowest BCUT2D eigenvalue weighted by Crippen LogP contribution is -1.90. The molecule has 0 aromatic carbocycles. The van der Waals surface area contributed by atoms with Gasteiger partial charge in [0.15, 0.2) is 0 Å². The van der Waals surface area contributed by atoms with Gasteiger partial charge in [-0.1, -0.05) is 13.2 Å². The van der Waals surface area contributed by atoms with E-state index in [1.165, 1.54) is 6.08 Å². The van der Waals surface area contributed by atoms with Crippen molar-refractivity contribution in [1.29, 1.82) is 0 Å². The van der Waals surface area contributed by atoms with Crippen LogP contribution in [0.5, 0.6) is 0 Å². The lowest BCUT2D eigenvalue weighted by Gasteiger charge is -1.75. The first-order valence-corrected chi connectivity index (χ1v) is 2.02. The van der Waals surface area contributed by atoms with Crippen LogP contribution < -0.4 is 0 Å². The Morgan fingerprint density at radius 3 is 2.14 bits per heavy atom. The number of allylic oxidation sites excluding steroid dienone is 2. The monoisotopic (exact) mass is 97.1 g/mol. The summed E-state index contributed by atoms with van der Waals surface area (Å²) in [6.07, 6.45) is 1.36. The van der Waals surface area contributed by atoms with Gasteiger partial charge in [0.05, 0.1) is 0 Å². The summed E-state index contributed by atoms with van der Waals surface area (Å²) >= 11 is 0. The molecule has 0 saturated carbocycles. The van der Waals surface area contributed by atoms with Crippen molar-refractivity contribution in [1.82, 2.24) is 0 Å². The Kier molecular flexibility index (Phi) is 2.06. The van der Waals surface area contributed by atoms with Gasteiger partial charge in [-0.05, 0) is 6.92 Å². The molecule has 0 spiro atoms. The Balaban J connectivity index is 3.81. The van der Waals surface area contributed by atoms with E-state index in [2.05, 4.69) is 13.2 Å². The molecular formula is C6H9O+. The fourth-order valence-corrected chi connectivity index (χ4v) is 0.174. The molecule has 0 radical (unpaired) electrons. The average molecular weight is 97.1 g/mol. The zero-order valence-electron chi connectivity index (χ0n) is 4.44. The van der Waals surface area contributed by atoms with Gasteiger partial charge < -0.3 is 0 Å². The topological polar surface area (TPSA) is 21.4 Å². The highest BCUT2D eigenvalue weighted by Gasteiger charge is 1.99. The Morgan fingerprint density at radius 2 is 2.14 bits per heavy atom. The molecule has 1 N–H and O–H groups in total. The van der Waals surface area contributed by atoms with Crippen molar-refractivity contribution in [2.75, 3.05) is 0 Å². The van der Waals surface area contributed by atoms with E-state index in [-0.39, 0.29) is 5.78 Å². The number of hydrogen-bond acceptors (Lipinski definition) is 0. The van der Waals surface area contributed by atoms with Crippen molar-refractivity contribution >= 4 is 5.78 Å². The first kappa shape index (κ1) is 6.15. The lowest BCUT2D eigenvalue weighted by atomic mass is 10.2. The molecule has 1 nitrogen and oxygen atoms in total. The summed E-state index contributed by atoms with van der Waals surface area (Å²) in [6, 6.07) is 0. The van der Waals surface area contributed by atoms with Crippen LogP contribution in [0.25, 0.3) is 0 Å². The van der Waals surface area contributed by atoms with E-state index in [9.17, 15) is 0 Å². The van der Waals surface area contributed by atoms with Gasteiger partial charge >= 0.3 is 5.78 Å². The van der Waals surface area contributed by atoms with Crippen molar-refractivity contribution in [3.8, 4) is 0 Å². The van der Waals surface area contributed by atoms with Crippen LogP contribution in [0.1, 0.15) is 6.92 Å². The van der Waals surface area contributed by atoms with Gasteiger partial charge in [0.1, 0.15) is 0 Å². The van der Waals surface area contributed by atoms with Crippen LogP contribution in [0, 0.1) is 0 Å². The molecule has 38 valence electrons. The molecular weight excluding hydrogens is 88.1 g/mol. The van der Waals surface area contributed by atoms with E-state index in [1.807, 2.05) is 0 Å². The molecule has 0 amide bonds. The molecule has 0 unspecified atom stereocenters. The second-order valence-electron chi connectivity index (χ2n) is 1.37. The van der Waals surface area contributed by atoms with Crippen LogP contribution in [-0.2, 0) is 0 Å². The molecule has 0 heterocycles. The van der Waals surface area contributed by atoms with Gasteiger partial charge in [-0.2, -0.15) is 0 Å². The highest BCUT2D eigenvalue weighted by atomic mass is 16.1. The number of rotatable bonds is 2. The summed E-state index contributed by atoms with van der Waals surface area (Å²) < 4.78 is 0. The highest BCUT2D eigenvalue weighted by Crippen LogP contribution is 1.87. The molecule has 0 aromatic rings. The summed E-state index contributed by atoms with van der Waals surface area (Å²) in [5.41, 5.74) is 0.648. The summed E-state index contributed by atoms with van der Waals surface area (Å²) in [4.78, 5) is 8.63. The molecule has 0 aromatic heterocycles. The first-order valence-electron chi connectivity index (χ1n) is 2.02. The SMILES string of the molecule is C=CC(=[OH+])C(=C)C. The predicted molar refractivity (Wildman–Crippen MR) is 32.0 cm³/mol. The van der Waals surface area contributed by atoms with Crippen molar-refractivity contribution < 1.29 is 4.79 Å². The molecule has 0 fully saturated rings. The largest absolute Gasteiger partial charge is 0.341 e. The van der Waals surface area contributed by atoms with Gasteiger partial charge in [-0.15, -0.1) is 0 Å². The molecule has 0 aliphatic carbocycles. The Bertz CT molecular complexity index is 111. The molecule has 0 rings (SSSR count). The van der Waals surface area contributed by atoms with Crippen LogP contribution in [0.3, 0.4) is 0 Å². The number of carbonyl (C=O) groups excluding carboxylic acids is 1. The summed E-state index contributed by atoms with van der Waals surface area (Å²) in [6.45, 7) is 8.52. The third-order valence-electron chi connectivity index (χ3n) is 0.631. The molecule has 0 atom stereocenters. The molecule has 7 heavy (non-hydrogen) atoms. The zero-order valence-corrected chi connectivity index (χ0v) is 4.44. The van der Waals surface area contributed by atoms with Gasteiger partial charge in [-0.25, -0.2) is 0 Å². The maximum Gasteiger partial charge on any atom is 0.341 e. The fourth-order valence-electron chi connectivity index (χ4n) is 0.174. The maximum atomic E-state index is 8.63. The van der Waals surface area contributed by atoms with Crippen LogP contribution in [0.15, 0.2) is 24.8 Å². The summed E-state index contributed by atoms with van der Waals surface area (Å²) in [5, 5.41) is 0. The third kappa shape index (κ3) is 1.93. The Hall–Kier alpha value is -0.850. The van der Waals surface area contributed by atoms with Gasteiger partial charge in [-0.3, -0.25) is 4.79 Å². The smallest absolute Gasteiger partial charge is 0.274 e. The average Bonchev–Trinajstić information content (AvgIpc) is 1.65. The molecule has 1 heteroatoms. The minimum absolute atomic E-state index is 0.167. The van der Waals surface area contributed by atoms with Crippen molar-refractivity contribution in [3.05, 3.63) is 24.8 Å².